The largest absolute Gasteiger partial charge is 0.291 e. The first-order valence-corrected chi connectivity index (χ1v) is 4.34. The minimum absolute atomic E-state index is 0.225. The van der Waals surface area contributed by atoms with Gasteiger partial charge >= 0.3 is 0 Å². The van der Waals surface area contributed by atoms with E-state index in [4.69, 9.17) is 5.94 Å². The molecule has 1 fully saturated rings. The number of nitrogens with zero attached hydrogens (tertiary/aromatic N) is 2. The molecule has 4 heteroatoms. The van der Waals surface area contributed by atoms with Gasteiger partial charge in [-0.3, -0.25) is 14.7 Å². The highest BCUT2D eigenvalue weighted by Gasteiger charge is 2.28. The summed E-state index contributed by atoms with van der Waals surface area (Å²) in [6.45, 7) is 1.77. The summed E-state index contributed by atoms with van der Waals surface area (Å²) in [6.07, 6.45) is 1.02. The van der Waals surface area contributed by atoms with Gasteiger partial charge in [-0.25, -0.2) is 0 Å². The van der Waals surface area contributed by atoms with Crippen molar-refractivity contribution in [3.05, 3.63) is 0 Å². The molecule has 0 N–H and O–H groups in total. The summed E-state index contributed by atoms with van der Waals surface area (Å²) in [5, 5.41) is 0.941. The first-order chi connectivity index (χ1) is 6.88. The average molecular weight is 164 g/mol. The lowest BCUT2D eigenvalue weighted by Gasteiger charge is -2.18. The number of thioether (sulfide) groups is 1. The van der Waals surface area contributed by atoms with Crippen molar-refractivity contribution in [3.8, 4) is 0 Å². The molecule has 2 rings (SSSR count). The predicted molar refractivity (Wildman–Crippen MR) is 45.3 cm³/mol. The molecule has 3 nitrogen and oxygen atoms in total. The van der Waals surface area contributed by atoms with Crippen LogP contribution in [-0.4, -0.2) is 34.8 Å². The van der Waals surface area contributed by atoms with Crippen LogP contribution < -0.4 is 0 Å². The zero-order chi connectivity index (χ0) is 11.0. The van der Waals surface area contributed by atoms with Crippen LogP contribution in [0.15, 0.2) is 4.99 Å². The van der Waals surface area contributed by atoms with Crippen LogP contribution in [0.5, 0.6) is 0 Å². The van der Waals surface area contributed by atoms with Gasteiger partial charge in [0.05, 0.1) is 5.75 Å². The van der Waals surface area contributed by atoms with E-state index in [0.29, 0.717) is 5.75 Å². The Morgan fingerprint density at radius 3 is 3.50 bits per heavy atom. The van der Waals surface area contributed by atoms with Crippen LogP contribution in [0.2, 0.25) is 0 Å². The standard InChI is InChI=1S/C6H8N2OS.2H2/c9-5-4-10-6-7-2-1-3-8(5)6;;/h1-4H2;2*1H/i;2*1+1D. The van der Waals surface area contributed by atoms with Gasteiger partial charge in [-0.2, -0.15) is 0 Å². The fourth-order valence-electron chi connectivity index (χ4n) is 1.14. The molecule has 0 aromatic carbocycles. The Labute approximate surface area is 69.7 Å². The molecule has 0 saturated carbocycles. The first-order valence-electron chi connectivity index (χ1n) is 5.35. The number of hydrogen-bond donors (Lipinski definition) is 0. The van der Waals surface area contributed by atoms with Gasteiger partial charge in [0, 0.05) is 19.0 Å². The quantitative estimate of drug-likeness (QED) is 0.531. The highest BCUT2D eigenvalue weighted by atomic mass is 32.2. The number of amides is 1. The number of carbonyl (C=O) groups is 1. The summed E-state index contributed by atoms with van der Waals surface area (Å²) < 4.78 is 20.0. The molecule has 0 bridgehead atoms. The summed E-state index contributed by atoms with van der Waals surface area (Å²) >= 11 is 1.56. The van der Waals surface area contributed by atoms with Crippen LogP contribution in [0.4, 0.5) is 0 Å². The molecule has 0 radical (unpaired) electrons. The second kappa shape index (κ2) is 2.27. The highest BCUT2D eigenvalue weighted by molar-refractivity contribution is 8.15. The Morgan fingerprint density at radius 2 is 2.70 bits per heavy atom. The summed E-state index contributed by atoms with van der Waals surface area (Å²) in [7, 11) is 0. The Kier molecular flexibility index (Phi) is 0.995. The second-order valence-corrected chi connectivity index (χ2v) is 3.29. The fourth-order valence-corrected chi connectivity index (χ4v) is 2.08. The molecular weight excluding hydrogens is 148 g/mol. The third-order valence-corrected chi connectivity index (χ3v) is 2.64. The van der Waals surface area contributed by atoms with Crippen molar-refractivity contribution in [2.75, 3.05) is 18.8 Å². The SMILES string of the molecule is O=C1CSC2=NCCCN12.[2H][2H].[2H][2H]. The normalized spacial score (nSPS) is 26.2. The summed E-state index contributed by atoms with van der Waals surface area (Å²) in [6, 6.07) is 0. The monoisotopic (exact) mass is 164 g/mol. The third kappa shape index (κ3) is 0.831. The maximum atomic E-state index is 11.0. The van der Waals surface area contributed by atoms with E-state index in [2.05, 4.69) is 4.99 Å². The van der Waals surface area contributed by atoms with E-state index in [1.807, 2.05) is 0 Å². The fraction of sp³-hybridized carbons (Fsp3) is 0.667. The van der Waals surface area contributed by atoms with Crippen LogP contribution >= 0.6 is 11.8 Å². The lowest BCUT2D eigenvalue weighted by molar-refractivity contribution is -0.124. The molecule has 0 atom stereocenters. The molecule has 0 aromatic rings. The van der Waals surface area contributed by atoms with E-state index < -0.39 is 0 Å². The minimum atomic E-state index is 0.225. The Balaban J connectivity index is 0.000000379. The average Bonchev–Trinajstić information content (AvgIpc) is 2.67. The van der Waals surface area contributed by atoms with Gasteiger partial charge < -0.3 is 0 Å². The number of hydrogen-bond acceptors (Lipinski definition) is 3. The molecule has 2 aliphatic heterocycles. The molecule has 1 amide bonds. The number of aliphatic imine (C=N–C) groups is 1. The van der Waals surface area contributed by atoms with Crippen molar-refractivity contribution in [2.45, 2.75) is 6.42 Å². The van der Waals surface area contributed by atoms with E-state index >= 15 is 0 Å². The zero-order valence-corrected chi connectivity index (χ0v) is 6.36. The van der Waals surface area contributed by atoms with Gasteiger partial charge in [-0.15, -0.1) is 0 Å². The Hall–Kier alpha value is -0.510. The molecule has 0 spiro atoms. The van der Waals surface area contributed by atoms with Crippen molar-refractivity contribution in [3.63, 3.8) is 0 Å². The number of carbonyl (C=O) groups excluding carboxylic acids is 1. The summed E-state index contributed by atoms with van der Waals surface area (Å²) in [5.74, 6) is 0.821. The van der Waals surface area contributed by atoms with Gasteiger partial charge in [0.2, 0.25) is 5.91 Å². The van der Waals surface area contributed by atoms with Crippen molar-refractivity contribution in [1.82, 2.24) is 4.90 Å². The van der Waals surface area contributed by atoms with Gasteiger partial charge in [-0.1, -0.05) is 11.8 Å². The van der Waals surface area contributed by atoms with Crippen LogP contribution in [0.3, 0.4) is 0 Å². The smallest absolute Gasteiger partial charge is 0.239 e. The van der Waals surface area contributed by atoms with Crippen LogP contribution in [0, 0.1) is 0 Å². The molecule has 0 aliphatic carbocycles. The second-order valence-electron chi connectivity index (χ2n) is 2.35. The van der Waals surface area contributed by atoms with Crippen LogP contribution in [-0.2, 0) is 4.79 Å². The van der Waals surface area contributed by atoms with Gasteiger partial charge in [-0.05, 0) is 6.42 Å². The zero-order valence-electron chi connectivity index (χ0n) is 9.54. The summed E-state index contributed by atoms with van der Waals surface area (Å²) in [5.41, 5.74) is 0. The van der Waals surface area contributed by atoms with Gasteiger partial charge in [0.25, 0.3) is 0 Å². The molecule has 0 unspecified atom stereocenters. The molecule has 2 heterocycles. The van der Waals surface area contributed by atoms with Gasteiger partial charge in [0.1, 0.15) is 0 Å². The third-order valence-electron chi connectivity index (χ3n) is 1.64. The maximum Gasteiger partial charge on any atom is 0.239 e. The minimum Gasteiger partial charge on any atom is -0.291 e. The Bertz CT molecular complexity index is 214. The van der Waals surface area contributed by atoms with Crippen molar-refractivity contribution in [2.24, 2.45) is 4.99 Å². The predicted octanol–water partition coefficient (Wildman–Crippen LogP) is 0.814. The lowest BCUT2D eigenvalue weighted by Crippen LogP contribution is -2.33. The van der Waals surface area contributed by atoms with Crippen molar-refractivity contribution in [1.29, 1.82) is 0 Å². The first kappa shape index (κ1) is 4.38. The van der Waals surface area contributed by atoms with E-state index in [-0.39, 0.29) is 5.91 Å². The van der Waals surface area contributed by atoms with E-state index in [1.165, 1.54) is 0 Å². The van der Waals surface area contributed by atoms with Crippen LogP contribution in [0.25, 0.3) is 0 Å². The van der Waals surface area contributed by atoms with E-state index in [0.717, 1.165) is 24.7 Å². The van der Waals surface area contributed by atoms with Gasteiger partial charge in [0.15, 0.2) is 5.17 Å². The molecule has 2 aliphatic rings. The summed E-state index contributed by atoms with van der Waals surface area (Å²) in [4.78, 5) is 17.0. The van der Waals surface area contributed by atoms with E-state index in [9.17, 15) is 4.79 Å². The highest BCUT2D eigenvalue weighted by Crippen LogP contribution is 2.21. The van der Waals surface area contributed by atoms with Crippen molar-refractivity contribution < 1.29 is 10.7 Å². The number of amidine groups is 1. The van der Waals surface area contributed by atoms with E-state index in [1.54, 1.807) is 16.7 Å². The number of fused-ring (bicyclic) bond motifs is 1. The number of rotatable bonds is 0. The molecular formula is C6H12N2OS. The van der Waals surface area contributed by atoms with Crippen molar-refractivity contribution >= 4 is 22.8 Å². The topological polar surface area (TPSA) is 32.7 Å². The molecule has 0 aromatic heterocycles. The molecule has 10 heavy (non-hydrogen) atoms. The lowest BCUT2D eigenvalue weighted by atomic mass is 10.3. The van der Waals surface area contributed by atoms with Crippen LogP contribution in [0.1, 0.15) is 12.4 Å². The molecule has 1 saturated heterocycles. The maximum absolute atomic E-state index is 11.0. The Morgan fingerprint density at radius 1 is 1.80 bits per heavy atom. The molecule has 58 valence electrons.